The van der Waals surface area contributed by atoms with E-state index >= 15 is 0 Å². The monoisotopic (exact) mass is 696 g/mol. The van der Waals surface area contributed by atoms with E-state index in [9.17, 15) is 28.1 Å². The number of fused-ring (bicyclic) bond motifs is 1. The quantitative estimate of drug-likeness (QED) is 0.105. The Kier molecular flexibility index (Phi) is 9.41. The Morgan fingerprint density at radius 1 is 1.19 bits per heavy atom. The Morgan fingerprint density at radius 2 is 1.86 bits per heavy atom. The molecule has 230 valence electrons. The van der Waals surface area contributed by atoms with Crippen molar-refractivity contribution in [3.8, 4) is 5.75 Å². The number of hydrogen-bond donors (Lipinski definition) is 0. The van der Waals surface area contributed by atoms with Gasteiger partial charge in [-0.05, 0) is 29.8 Å². The van der Waals surface area contributed by atoms with Gasteiger partial charge in [0, 0.05) is 36.8 Å². The maximum atomic E-state index is 14.2. The third-order valence-electron chi connectivity index (χ3n) is 7.48. The van der Waals surface area contributed by atoms with Crippen molar-refractivity contribution < 1.29 is 37.1 Å². The number of carbonyl (C=O) groups excluding carboxylic acids is 2. The van der Waals surface area contributed by atoms with Crippen LogP contribution in [0.2, 0.25) is 0 Å². The van der Waals surface area contributed by atoms with Crippen LogP contribution in [0.1, 0.15) is 5.56 Å². The van der Waals surface area contributed by atoms with E-state index in [1.807, 2.05) is 23.1 Å². The highest BCUT2D eigenvalue weighted by Crippen LogP contribution is 2.48. The molecule has 4 unspecified atom stereocenters. The maximum absolute atomic E-state index is 14.2. The molecule has 4 atom stereocenters. The lowest BCUT2D eigenvalue weighted by atomic mass is 9.97. The number of nitrogens with zero attached hydrogens (tertiary/aromatic N) is 4. The molecule has 0 aliphatic carbocycles. The summed E-state index contributed by atoms with van der Waals surface area (Å²) in [5.41, 5.74) is 0.268. The van der Waals surface area contributed by atoms with Crippen LogP contribution < -0.4 is 4.74 Å². The molecule has 16 heteroatoms. The topological polar surface area (TPSA) is 158 Å². The van der Waals surface area contributed by atoms with Crippen LogP contribution in [0.25, 0.3) is 0 Å². The van der Waals surface area contributed by atoms with Gasteiger partial charge in [-0.2, -0.15) is 0 Å². The Balaban J connectivity index is 1.46. The maximum Gasteiger partial charge on any atom is 0.350 e. The molecule has 3 heterocycles. The second-order valence-corrected chi connectivity index (χ2v) is 14.1. The minimum absolute atomic E-state index is 0.0311. The lowest BCUT2D eigenvalue weighted by molar-refractivity contribution is -0.384. The van der Waals surface area contributed by atoms with Crippen LogP contribution in [0, 0.1) is 10.1 Å². The molecule has 3 aliphatic rings. The predicted octanol–water partition coefficient (Wildman–Crippen LogP) is 2.24. The minimum Gasteiger partial charge on any atom is -0.487 e. The number of non-ortho nitro benzene ring substituents is 1. The highest BCUT2D eigenvalue weighted by Gasteiger charge is 2.71. The average molecular weight is 698 g/mol. The second-order valence-electron chi connectivity index (χ2n) is 10.1. The summed E-state index contributed by atoms with van der Waals surface area (Å²) in [4.78, 5) is 43.4. The summed E-state index contributed by atoms with van der Waals surface area (Å²) < 4.78 is 44.7. The molecule has 2 aromatic rings. The van der Waals surface area contributed by atoms with E-state index in [0.29, 0.717) is 42.7 Å². The zero-order chi connectivity index (χ0) is 30.8. The van der Waals surface area contributed by atoms with Crippen LogP contribution in [-0.4, -0.2) is 107 Å². The van der Waals surface area contributed by atoms with Crippen LogP contribution in [0.4, 0.5) is 5.69 Å². The largest absolute Gasteiger partial charge is 0.487 e. The number of rotatable bonds is 12. The average Bonchev–Trinajstić information content (AvgIpc) is 3.38. The minimum atomic E-state index is -4.38. The number of β-lactam (4-membered cyclic amide) rings is 1. The fraction of sp³-hybridized carbons (Fsp3) is 0.444. The van der Waals surface area contributed by atoms with Crippen LogP contribution in [0.5, 0.6) is 5.75 Å². The summed E-state index contributed by atoms with van der Waals surface area (Å²) in [6.07, 6.45) is 0.927. The van der Waals surface area contributed by atoms with Crippen LogP contribution in [0.3, 0.4) is 0 Å². The number of esters is 1. The Bertz CT molecular complexity index is 1500. The van der Waals surface area contributed by atoms with Crippen molar-refractivity contribution >= 4 is 60.1 Å². The van der Waals surface area contributed by atoms with Crippen molar-refractivity contribution in [3.05, 3.63) is 70.3 Å². The molecule has 0 aromatic heterocycles. The number of carbonyl (C=O) groups is 2. The Morgan fingerprint density at radius 3 is 2.47 bits per heavy atom. The molecular weight excluding hydrogens is 668 g/mol. The number of amides is 1. The van der Waals surface area contributed by atoms with Gasteiger partial charge in [0.2, 0.25) is 0 Å². The first kappa shape index (κ1) is 31.4. The lowest BCUT2D eigenvalue weighted by Gasteiger charge is -2.55. The summed E-state index contributed by atoms with van der Waals surface area (Å²) in [6, 6.07) is 12.5. The first-order valence-electron chi connectivity index (χ1n) is 13.3. The number of aliphatic imine (C=N–C) groups is 1. The highest BCUT2D eigenvalue weighted by atomic mass is 79.9. The van der Waals surface area contributed by atoms with E-state index in [4.69, 9.17) is 14.2 Å². The fourth-order valence-electron chi connectivity index (χ4n) is 5.37. The van der Waals surface area contributed by atoms with Gasteiger partial charge in [-0.3, -0.25) is 29.7 Å². The lowest BCUT2D eigenvalue weighted by Crippen LogP contribution is -2.80. The van der Waals surface area contributed by atoms with E-state index in [0.717, 1.165) is 11.2 Å². The molecule has 2 fully saturated rings. The number of benzene rings is 2. The van der Waals surface area contributed by atoms with Crippen molar-refractivity contribution in [3.63, 3.8) is 0 Å². The van der Waals surface area contributed by atoms with Gasteiger partial charge in [-0.1, -0.05) is 45.9 Å². The molecule has 2 saturated heterocycles. The zero-order valence-electron chi connectivity index (χ0n) is 23.0. The van der Waals surface area contributed by atoms with Gasteiger partial charge in [-0.25, -0.2) is 13.2 Å². The predicted molar refractivity (Wildman–Crippen MR) is 162 cm³/mol. The number of hydrogen-bond acceptors (Lipinski definition) is 12. The number of ether oxygens (including phenoxy) is 3. The molecule has 5 rings (SSSR count). The van der Waals surface area contributed by atoms with Gasteiger partial charge >= 0.3 is 5.97 Å². The van der Waals surface area contributed by atoms with Crippen molar-refractivity contribution in [1.29, 1.82) is 0 Å². The number of alkyl halides is 1. The summed E-state index contributed by atoms with van der Waals surface area (Å²) >= 11 is 4.61. The molecule has 0 bridgehead atoms. The molecule has 0 N–H and O–H groups in total. The van der Waals surface area contributed by atoms with Gasteiger partial charge in [0.15, 0.2) is 15.9 Å². The molecule has 13 nitrogen and oxygen atoms in total. The first-order chi connectivity index (χ1) is 20.6. The molecule has 0 radical (unpaired) electrons. The van der Waals surface area contributed by atoms with Crippen LogP contribution in [-0.2, 0) is 35.5 Å². The van der Waals surface area contributed by atoms with Gasteiger partial charge in [0.05, 0.1) is 24.2 Å². The number of sulfone groups is 1. The number of nitro groups is 1. The second kappa shape index (κ2) is 12.9. The van der Waals surface area contributed by atoms with Crippen LogP contribution in [0.15, 0.2) is 59.6 Å². The summed E-state index contributed by atoms with van der Waals surface area (Å²) in [5.74, 6) is -1.12. The molecule has 43 heavy (non-hydrogen) atoms. The Hall–Kier alpha value is -3.05. The van der Waals surface area contributed by atoms with E-state index in [1.54, 1.807) is 12.1 Å². The summed E-state index contributed by atoms with van der Waals surface area (Å²) in [5, 5.41) is 10.8. The van der Waals surface area contributed by atoms with E-state index < -0.39 is 49.0 Å². The first-order valence-corrected chi connectivity index (χ1v) is 17.2. The SMILES string of the molecule is CS(=O)(=O)C(C(=O)OCc1ccc([N+](=O)[O-])cc1)(C(CBr)N1CCOCC1)N1C(=O)C2N=C(COc3ccccc3)SC21. The molecule has 0 saturated carbocycles. The number of para-hydroxylation sites is 1. The summed E-state index contributed by atoms with van der Waals surface area (Å²) in [7, 11) is -4.38. The fourth-order valence-corrected chi connectivity index (χ4v) is 9.44. The number of likely N-dealkylation sites (tertiary alicyclic amines) is 1. The van der Waals surface area contributed by atoms with E-state index in [2.05, 4.69) is 20.9 Å². The summed E-state index contributed by atoms with van der Waals surface area (Å²) in [6.45, 7) is 1.02. The van der Waals surface area contributed by atoms with Gasteiger partial charge < -0.3 is 14.2 Å². The zero-order valence-corrected chi connectivity index (χ0v) is 26.3. The number of halogens is 1. The number of thioether (sulfide) groups is 1. The third kappa shape index (κ3) is 6.02. The highest BCUT2D eigenvalue weighted by molar-refractivity contribution is 9.09. The number of nitro benzene ring substituents is 1. The molecule has 3 aliphatic heterocycles. The third-order valence-corrected chi connectivity index (χ3v) is 11.1. The van der Waals surface area contributed by atoms with Crippen LogP contribution >= 0.6 is 27.7 Å². The molecule has 2 aromatic carbocycles. The van der Waals surface area contributed by atoms with Gasteiger partial charge in [-0.15, -0.1) is 0 Å². The van der Waals surface area contributed by atoms with Gasteiger partial charge in [0.25, 0.3) is 16.5 Å². The van der Waals surface area contributed by atoms with Gasteiger partial charge in [0.1, 0.15) is 29.4 Å². The molecule has 0 spiro atoms. The smallest absolute Gasteiger partial charge is 0.350 e. The van der Waals surface area contributed by atoms with Crippen molar-refractivity contribution in [2.24, 2.45) is 4.99 Å². The standard InChI is InChI=1S/C27H29BrN4O9S2/c1-43(37,38)27(21(15-28)30-11-13-39-14-12-30,26(34)41-16-18-7-9-19(10-8-18)32(35)36)31-24(33)23-25(31)42-22(29-23)17-40-20-5-3-2-4-6-20/h2-10,21,23,25H,11-17H2,1H3. The molecule has 1 amide bonds. The Labute approximate surface area is 260 Å². The number of morpholine rings is 1. The van der Waals surface area contributed by atoms with Crippen molar-refractivity contribution in [2.45, 2.75) is 28.9 Å². The molecular formula is C27H29BrN4O9S2. The van der Waals surface area contributed by atoms with Crippen molar-refractivity contribution in [2.75, 3.05) is 44.5 Å². The van der Waals surface area contributed by atoms with Crippen molar-refractivity contribution in [1.82, 2.24) is 9.80 Å². The normalized spacial score (nSPS) is 22.5. The van der Waals surface area contributed by atoms with E-state index in [1.165, 1.54) is 36.0 Å². The van der Waals surface area contributed by atoms with E-state index in [-0.39, 0.29) is 24.2 Å².